The number of anilines is 1. The number of amides is 1. The molecular formula is C17H17BrN2O3. The average molecular weight is 377 g/mol. The monoisotopic (exact) mass is 376 g/mol. The predicted octanol–water partition coefficient (Wildman–Crippen LogP) is 3.84. The normalized spacial score (nSPS) is 10.5. The van der Waals surface area contributed by atoms with Crippen molar-refractivity contribution in [1.82, 2.24) is 0 Å². The van der Waals surface area contributed by atoms with E-state index in [4.69, 9.17) is 9.57 Å². The fourth-order valence-corrected chi connectivity index (χ4v) is 2.04. The summed E-state index contributed by atoms with van der Waals surface area (Å²) in [5, 5.41) is 6.51. The van der Waals surface area contributed by atoms with Crippen molar-refractivity contribution in [1.29, 1.82) is 0 Å². The van der Waals surface area contributed by atoms with Gasteiger partial charge in [0.1, 0.15) is 5.75 Å². The van der Waals surface area contributed by atoms with Crippen LogP contribution in [-0.2, 0) is 9.63 Å². The number of ether oxygens (including phenoxy) is 1. The van der Waals surface area contributed by atoms with Crippen LogP contribution in [0.2, 0.25) is 0 Å². The van der Waals surface area contributed by atoms with E-state index in [0.717, 1.165) is 10.0 Å². The molecule has 6 heteroatoms. The van der Waals surface area contributed by atoms with Crippen LogP contribution in [0.15, 0.2) is 58.2 Å². The number of rotatable bonds is 7. The van der Waals surface area contributed by atoms with Crippen molar-refractivity contribution in [2.24, 2.45) is 5.16 Å². The molecule has 0 radical (unpaired) electrons. The number of para-hydroxylation sites is 2. The SMILES string of the molecule is CCOc1ccccc1NC(=O)CO/N=C\c1ccc(Br)cc1. The Labute approximate surface area is 143 Å². The molecule has 1 N–H and O–H groups in total. The quantitative estimate of drug-likeness (QED) is 0.589. The summed E-state index contributed by atoms with van der Waals surface area (Å²) in [5.41, 5.74) is 1.50. The molecule has 23 heavy (non-hydrogen) atoms. The summed E-state index contributed by atoms with van der Waals surface area (Å²) in [6.45, 7) is 2.24. The van der Waals surface area contributed by atoms with E-state index in [0.29, 0.717) is 18.0 Å². The molecule has 2 rings (SSSR count). The minimum atomic E-state index is -0.301. The van der Waals surface area contributed by atoms with Gasteiger partial charge in [-0.1, -0.05) is 45.4 Å². The van der Waals surface area contributed by atoms with Gasteiger partial charge in [-0.25, -0.2) is 0 Å². The summed E-state index contributed by atoms with van der Waals surface area (Å²) in [7, 11) is 0. The number of halogens is 1. The third kappa shape index (κ3) is 5.75. The topological polar surface area (TPSA) is 59.9 Å². The molecule has 0 unspecified atom stereocenters. The lowest BCUT2D eigenvalue weighted by molar-refractivity contribution is -0.120. The average Bonchev–Trinajstić information content (AvgIpc) is 2.55. The molecule has 120 valence electrons. The number of carbonyl (C=O) groups excluding carboxylic acids is 1. The first-order chi connectivity index (χ1) is 11.2. The summed E-state index contributed by atoms with van der Waals surface area (Å²) >= 11 is 3.36. The molecule has 2 aromatic rings. The van der Waals surface area contributed by atoms with Crippen LogP contribution in [0.25, 0.3) is 0 Å². The number of oxime groups is 1. The molecule has 0 saturated heterocycles. The van der Waals surface area contributed by atoms with Crippen molar-refractivity contribution in [2.45, 2.75) is 6.92 Å². The van der Waals surface area contributed by atoms with Crippen LogP contribution in [0.1, 0.15) is 12.5 Å². The minimum Gasteiger partial charge on any atom is -0.492 e. The maximum absolute atomic E-state index is 11.9. The third-order valence-electron chi connectivity index (χ3n) is 2.80. The fraction of sp³-hybridized carbons (Fsp3) is 0.176. The van der Waals surface area contributed by atoms with E-state index in [9.17, 15) is 4.79 Å². The number of benzene rings is 2. The van der Waals surface area contributed by atoms with Gasteiger partial charge in [-0.3, -0.25) is 4.79 Å². The van der Waals surface area contributed by atoms with E-state index >= 15 is 0 Å². The van der Waals surface area contributed by atoms with Gasteiger partial charge in [0.05, 0.1) is 18.5 Å². The second-order valence-electron chi connectivity index (χ2n) is 4.54. The highest BCUT2D eigenvalue weighted by atomic mass is 79.9. The molecule has 2 aromatic carbocycles. The molecule has 0 fully saturated rings. The number of hydrogen-bond donors (Lipinski definition) is 1. The maximum atomic E-state index is 11.9. The summed E-state index contributed by atoms with van der Waals surface area (Å²) < 4.78 is 6.43. The minimum absolute atomic E-state index is 0.173. The molecule has 0 aliphatic rings. The Bertz CT molecular complexity index is 672. The molecule has 0 aliphatic heterocycles. The van der Waals surface area contributed by atoms with Crippen LogP contribution in [0, 0.1) is 0 Å². The van der Waals surface area contributed by atoms with Crippen LogP contribution in [0.5, 0.6) is 5.75 Å². The van der Waals surface area contributed by atoms with Crippen molar-refractivity contribution in [3.8, 4) is 5.75 Å². The highest BCUT2D eigenvalue weighted by molar-refractivity contribution is 9.10. The van der Waals surface area contributed by atoms with Crippen LogP contribution >= 0.6 is 15.9 Å². The zero-order valence-corrected chi connectivity index (χ0v) is 14.2. The molecule has 1 amide bonds. The van der Waals surface area contributed by atoms with Gasteiger partial charge in [0, 0.05) is 4.47 Å². The fourth-order valence-electron chi connectivity index (χ4n) is 1.78. The van der Waals surface area contributed by atoms with Crippen molar-refractivity contribution >= 4 is 33.7 Å². The van der Waals surface area contributed by atoms with Crippen LogP contribution < -0.4 is 10.1 Å². The molecule has 0 saturated carbocycles. The van der Waals surface area contributed by atoms with Gasteiger partial charge < -0.3 is 14.9 Å². The Balaban J connectivity index is 1.82. The van der Waals surface area contributed by atoms with E-state index < -0.39 is 0 Å². The van der Waals surface area contributed by atoms with E-state index in [-0.39, 0.29) is 12.5 Å². The number of nitrogens with zero attached hydrogens (tertiary/aromatic N) is 1. The first kappa shape index (κ1) is 17.0. The summed E-state index contributed by atoms with van der Waals surface area (Å²) in [4.78, 5) is 16.9. The van der Waals surface area contributed by atoms with E-state index in [1.54, 1.807) is 18.3 Å². The van der Waals surface area contributed by atoms with Gasteiger partial charge in [0.25, 0.3) is 5.91 Å². The van der Waals surface area contributed by atoms with E-state index in [2.05, 4.69) is 26.4 Å². The zero-order chi connectivity index (χ0) is 16.5. The molecule has 0 aliphatic carbocycles. The standard InChI is InChI=1S/C17H17BrN2O3/c1-2-22-16-6-4-3-5-15(16)20-17(21)12-23-19-11-13-7-9-14(18)10-8-13/h3-11H,2,12H2,1H3,(H,20,21)/b19-11-. The molecule has 0 atom stereocenters. The number of carbonyl (C=O) groups is 1. The lowest BCUT2D eigenvalue weighted by Gasteiger charge is -2.10. The Morgan fingerprint density at radius 2 is 1.96 bits per heavy atom. The van der Waals surface area contributed by atoms with Gasteiger partial charge in [0.15, 0.2) is 6.61 Å². The third-order valence-corrected chi connectivity index (χ3v) is 3.33. The Kier molecular flexibility index (Phi) is 6.62. The molecule has 5 nitrogen and oxygen atoms in total. The number of nitrogens with one attached hydrogen (secondary N) is 1. The molecule has 0 aromatic heterocycles. The van der Waals surface area contributed by atoms with Crippen molar-refractivity contribution in [3.63, 3.8) is 0 Å². The van der Waals surface area contributed by atoms with Crippen molar-refractivity contribution in [3.05, 3.63) is 58.6 Å². The second-order valence-corrected chi connectivity index (χ2v) is 5.45. The van der Waals surface area contributed by atoms with E-state index in [1.165, 1.54) is 0 Å². The zero-order valence-electron chi connectivity index (χ0n) is 12.7. The van der Waals surface area contributed by atoms with Gasteiger partial charge in [0.2, 0.25) is 0 Å². The first-order valence-corrected chi connectivity index (χ1v) is 7.91. The van der Waals surface area contributed by atoms with E-state index in [1.807, 2.05) is 43.3 Å². The Morgan fingerprint density at radius 1 is 1.22 bits per heavy atom. The van der Waals surface area contributed by atoms with Crippen LogP contribution in [0.3, 0.4) is 0 Å². The van der Waals surface area contributed by atoms with Crippen molar-refractivity contribution < 1.29 is 14.4 Å². The van der Waals surface area contributed by atoms with Gasteiger partial charge in [-0.2, -0.15) is 0 Å². The van der Waals surface area contributed by atoms with Gasteiger partial charge in [-0.15, -0.1) is 0 Å². The van der Waals surface area contributed by atoms with Gasteiger partial charge >= 0.3 is 0 Å². The first-order valence-electron chi connectivity index (χ1n) is 7.11. The molecule has 0 bridgehead atoms. The van der Waals surface area contributed by atoms with Crippen LogP contribution in [0.4, 0.5) is 5.69 Å². The number of hydrogen-bond acceptors (Lipinski definition) is 4. The smallest absolute Gasteiger partial charge is 0.265 e. The Morgan fingerprint density at radius 3 is 2.70 bits per heavy atom. The molecule has 0 heterocycles. The van der Waals surface area contributed by atoms with Crippen molar-refractivity contribution in [2.75, 3.05) is 18.5 Å². The molecule has 0 spiro atoms. The summed E-state index contributed by atoms with van der Waals surface area (Å²) in [6, 6.07) is 14.8. The Hall–Kier alpha value is -2.34. The summed E-state index contributed by atoms with van der Waals surface area (Å²) in [6.07, 6.45) is 1.55. The lowest BCUT2D eigenvalue weighted by Crippen LogP contribution is -2.17. The lowest BCUT2D eigenvalue weighted by atomic mass is 10.2. The highest BCUT2D eigenvalue weighted by Gasteiger charge is 2.07. The second kappa shape index (κ2) is 8.95. The summed E-state index contributed by atoms with van der Waals surface area (Å²) in [5.74, 6) is 0.326. The maximum Gasteiger partial charge on any atom is 0.265 e. The largest absolute Gasteiger partial charge is 0.492 e. The molecular weight excluding hydrogens is 360 g/mol. The van der Waals surface area contributed by atoms with Gasteiger partial charge in [-0.05, 0) is 36.8 Å². The predicted molar refractivity (Wildman–Crippen MR) is 93.9 cm³/mol. The highest BCUT2D eigenvalue weighted by Crippen LogP contribution is 2.23. The van der Waals surface area contributed by atoms with Crippen LogP contribution in [-0.4, -0.2) is 25.3 Å².